The summed E-state index contributed by atoms with van der Waals surface area (Å²) in [6, 6.07) is 2.52. The Morgan fingerprint density at radius 2 is 1.88 bits per heavy atom. The molecule has 3 fully saturated rings. The zero-order valence-electron chi connectivity index (χ0n) is 19.2. The minimum Gasteiger partial charge on any atom is -0.495 e. The number of rotatable bonds is 3. The molecule has 1 spiro atoms. The highest BCUT2D eigenvalue weighted by atomic mass is 19.1. The maximum Gasteiger partial charge on any atom is 0.168 e. The van der Waals surface area contributed by atoms with E-state index < -0.39 is 17.8 Å². The van der Waals surface area contributed by atoms with Crippen LogP contribution >= 0.6 is 0 Å². The van der Waals surface area contributed by atoms with Gasteiger partial charge in [-0.05, 0) is 57.0 Å². The number of aromatic nitrogens is 4. The highest BCUT2D eigenvalue weighted by Crippen LogP contribution is 2.62. The van der Waals surface area contributed by atoms with Gasteiger partial charge in [0.05, 0.1) is 13.3 Å². The van der Waals surface area contributed by atoms with Crippen LogP contribution in [0.5, 0.6) is 5.75 Å². The first-order valence-electron chi connectivity index (χ1n) is 11.8. The number of fused-ring (bicyclic) bond motifs is 1. The number of nitrogen functional groups attached to an aromatic ring is 1. The van der Waals surface area contributed by atoms with Crippen LogP contribution in [0.25, 0.3) is 17.0 Å². The fourth-order valence-electron chi connectivity index (χ4n) is 5.23. The molecule has 3 aliphatic rings. The summed E-state index contributed by atoms with van der Waals surface area (Å²) in [6.07, 6.45) is 8.43. The molecule has 34 heavy (non-hydrogen) atoms. The first kappa shape index (κ1) is 22.9. The number of ether oxygens (including phenoxy) is 1. The highest BCUT2D eigenvalue weighted by molar-refractivity contribution is 5.63. The van der Waals surface area contributed by atoms with Crippen molar-refractivity contribution in [3.05, 3.63) is 35.7 Å². The SMILES string of the molecule is COc1cc2ncc(-c3nc(N)c(F)cc3F)n2nc1C1CC2(CCC2)C1.FC1CCNCC1. The fourth-order valence-corrected chi connectivity index (χ4v) is 5.23. The topological polar surface area (TPSA) is 90.4 Å². The molecule has 2 aliphatic carbocycles. The summed E-state index contributed by atoms with van der Waals surface area (Å²) in [6.45, 7) is 1.72. The van der Waals surface area contributed by atoms with Gasteiger partial charge in [0.25, 0.3) is 0 Å². The number of pyridine rings is 1. The van der Waals surface area contributed by atoms with Gasteiger partial charge in [0, 0.05) is 18.1 Å². The van der Waals surface area contributed by atoms with E-state index in [1.54, 1.807) is 13.2 Å². The minimum absolute atomic E-state index is 0.0749. The fraction of sp³-hybridized carbons (Fsp3) is 0.542. The minimum atomic E-state index is -0.888. The van der Waals surface area contributed by atoms with Gasteiger partial charge in [-0.15, -0.1) is 0 Å². The third-order valence-electron chi connectivity index (χ3n) is 7.33. The van der Waals surface area contributed by atoms with Gasteiger partial charge >= 0.3 is 0 Å². The third-order valence-corrected chi connectivity index (χ3v) is 7.33. The van der Waals surface area contributed by atoms with Crippen molar-refractivity contribution in [3.63, 3.8) is 0 Å². The van der Waals surface area contributed by atoms with E-state index in [-0.39, 0.29) is 11.5 Å². The molecule has 3 N–H and O–H groups in total. The van der Waals surface area contributed by atoms with Crippen LogP contribution in [0.3, 0.4) is 0 Å². The molecule has 10 heteroatoms. The molecule has 2 saturated carbocycles. The summed E-state index contributed by atoms with van der Waals surface area (Å²) in [5, 5.41) is 7.78. The second-order valence-electron chi connectivity index (χ2n) is 9.58. The van der Waals surface area contributed by atoms with Crippen LogP contribution in [0, 0.1) is 17.0 Å². The van der Waals surface area contributed by atoms with Gasteiger partial charge in [0.15, 0.2) is 23.1 Å². The average molecular weight is 475 g/mol. The van der Waals surface area contributed by atoms with E-state index in [9.17, 15) is 13.2 Å². The summed E-state index contributed by atoms with van der Waals surface area (Å²) in [4.78, 5) is 8.13. The van der Waals surface area contributed by atoms with Crippen molar-refractivity contribution in [1.29, 1.82) is 0 Å². The van der Waals surface area contributed by atoms with Gasteiger partial charge in [0.1, 0.15) is 29.0 Å². The molecule has 0 amide bonds. The number of anilines is 1. The van der Waals surface area contributed by atoms with E-state index in [1.807, 2.05) is 0 Å². The van der Waals surface area contributed by atoms with E-state index in [2.05, 4.69) is 15.3 Å². The van der Waals surface area contributed by atoms with Crippen LogP contribution in [-0.2, 0) is 0 Å². The predicted octanol–water partition coefficient (Wildman–Crippen LogP) is 4.42. The normalized spacial score (nSPS) is 19.9. The van der Waals surface area contributed by atoms with E-state index in [4.69, 9.17) is 15.6 Å². The number of alkyl halides is 1. The van der Waals surface area contributed by atoms with E-state index in [0.717, 1.165) is 37.7 Å². The second-order valence-corrected chi connectivity index (χ2v) is 9.58. The van der Waals surface area contributed by atoms with Gasteiger partial charge in [0.2, 0.25) is 0 Å². The molecular weight excluding hydrogens is 445 g/mol. The predicted molar refractivity (Wildman–Crippen MR) is 122 cm³/mol. The number of piperidine rings is 1. The molecule has 3 aromatic heterocycles. The maximum atomic E-state index is 14.3. The van der Waals surface area contributed by atoms with Gasteiger partial charge in [-0.1, -0.05) is 6.42 Å². The average Bonchev–Trinajstić information content (AvgIpc) is 3.17. The van der Waals surface area contributed by atoms with E-state index >= 15 is 0 Å². The molecule has 0 bridgehead atoms. The Labute approximate surface area is 195 Å². The molecule has 4 heterocycles. The first-order valence-corrected chi connectivity index (χ1v) is 11.8. The molecule has 6 rings (SSSR count). The van der Waals surface area contributed by atoms with Gasteiger partial charge in [-0.25, -0.2) is 27.7 Å². The van der Waals surface area contributed by atoms with Crippen molar-refractivity contribution in [1.82, 2.24) is 24.9 Å². The highest BCUT2D eigenvalue weighted by Gasteiger charge is 2.49. The van der Waals surface area contributed by atoms with Crippen LogP contribution in [-0.4, -0.2) is 46.0 Å². The summed E-state index contributed by atoms with van der Waals surface area (Å²) in [7, 11) is 1.61. The number of hydrogen-bond donors (Lipinski definition) is 2. The Balaban J connectivity index is 0.000000297. The molecule has 1 aliphatic heterocycles. The van der Waals surface area contributed by atoms with Crippen molar-refractivity contribution in [2.75, 3.05) is 25.9 Å². The quantitative estimate of drug-likeness (QED) is 0.584. The van der Waals surface area contributed by atoms with Gasteiger partial charge in [-0.3, -0.25) is 0 Å². The number of nitrogens with zero attached hydrogens (tertiary/aromatic N) is 4. The molecule has 0 atom stereocenters. The maximum absolute atomic E-state index is 14.3. The van der Waals surface area contributed by atoms with Crippen LogP contribution in [0.2, 0.25) is 0 Å². The smallest absolute Gasteiger partial charge is 0.168 e. The third kappa shape index (κ3) is 4.19. The van der Waals surface area contributed by atoms with Gasteiger partial charge < -0.3 is 15.8 Å². The molecule has 1 saturated heterocycles. The van der Waals surface area contributed by atoms with E-state index in [1.165, 1.54) is 30.0 Å². The number of halogens is 3. The number of methoxy groups -OCH3 is 1. The molecule has 0 radical (unpaired) electrons. The molecular formula is C24H29F3N6O. The summed E-state index contributed by atoms with van der Waals surface area (Å²) < 4.78 is 47.0. The summed E-state index contributed by atoms with van der Waals surface area (Å²) in [5.41, 5.74) is 7.62. The molecule has 3 aromatic rings. The number of hydrogen-bond acceptors (Lipinski definition) is 6. The lowest BCUT2D eigenvalue weighted by Crippen LogP contribution is -2.41. The zero-order valence-corrected chi connectivity index (χ0v) is 19.2. The Kier molecular flexibility index (Phi) is 6.09. The van der Waals surface area contributed by atoms with Crippen LogP contribution in [0.4, 0.5) is 19.0 Å². The van der Waals surface area contributed by atoms with Crippen molar-refractivity contribution >= 4 is 11.5 Å². The van der Waals surface area contributed by atoms with Crippen molar-refractivity contribution in [2.24, 2.45) is 5.41 Å². The molecule has 182 valence electrons. The standard InChI is InChI=1S/C19H19F2N5O.C5H10FN/c1-27-14-6-15-23-9-13(17-11(20)5-12(21)18(22)24-17)26(15)25-16(14)10-7-19(8-10)3-2-4-19;6-5-1-3-7-4-2-5/h5-6,9-10H,2-4,7-8H2,1H3,(H2,22,24);5,7H,1-4H2. The Morgan fingerprint density at radius 3 is 2.47 bits per heavy atom. The lowest BCUT2D eigenvalue weighted by atomic mass is 9.51. The summed E-state index contributed by atoms with van der Waals surface area (Å²) >= 11 is 0. The Morgan fingerprint density at radius 1 is 1.15 bits per heavy atom. The van der Waals surface area contributed by atoms with Crippen molar-refractivity contribution in [3.8, 4) is 17.1 Å². The second kappa shape index (κ2) is 9.05. The lowest BCUT2D eigenvalue weighted by molar-refractivity contribution is 0.00648. The zero-order chi connectivity index (χ0) is 23.9. The molecule has 7 nitrogen and oxygen atoms in total. The van der Waals surface area contributed by atoms with Crippen LogP contribution in [0.1, 0.15) is 56.6 Å². The largest absolute Gasteiger partial charge is 0.495 e. The van der Waals surface area contributed by atoms with Crippen molar-refractivity contribution < 1.29 is 17.9 Å². The first-order chi connectivity index (χ1) is 16.4. The van der Waals surface area contributed by atoms with Crippen molar-refractivity contribution in [2.45, 2.75) is 57.0 Å². The number of nitrogens with two attached hydrogens (primary N) is 1. The van der Waals surface area contributed by atoms with Crippen LogP contribution < -0.4 is 15.8 Å². The van der Waals surface area contributed by atoms with Crippen LogP contribution in [0.15, 0.2) is 18.3 Å². The number of imidazole rings is 1. The summed E-state index contributed by atoms with van der Waals surface area (Å²) in [5.74, 6) is -1.05. The van der Waals surface area contributed by atoms with E-state index in [0.29, 0.717) is 41.3 Å². The molecule has 0 aromatic carbocycles. The lowest BCUT2D eigenvalue weighted by Gasteiger charge is -2.54. The number of nitrogens with one attached hydrogen (secondary N) is 1. The Bertz CT molecular complexity index is 1180. The monoisotopic (exact) mass is 474 g/mol. The molecule has 0 unspecified atom stereocenters. The van der Waals surface area contributed by atoms with Gasteiger partial charge in [-0.2, -0.15) is 5.10 Å². The Hall–Kier alpha value is -2.88.